The largest absolute Gasteiger partial charge is 0.456 e. The molecule has 2 N–H and O–H groups in total. The number of hydrogen-bond donors (Lipinski definition) is 2. The van der Waals surface area contributed by atoms with E-state index in [2.05, 4.69) is 9.37 Å². The number of aryl methyl sites for hydroxylation is 1. The molecule has 6 heterocycles. The van der Waals surface area contributed by atoms with Crippen LogP contribution in [0.25, 0.3) is 61.1 Å². The number of unbranched alkanes of at least 4 members (excludes halogenated alkanes) is 4. The molecule has 22 nitrogen and oxygen atoms in total. The van der Waals surface area contributed by atoms with E-state index in [0.29, 0.717) is 128 Å². The highest BCUT2D eigenvalue weighted by Crippen LogP contribution is 2.45. The molecule has 0 bridgehead atoms. The van der Waals surface area contributed by atoms with Crippen molar-refractivity contribution in [2.75, 3.05) is 11.4 Å². The molecule has 4 aromatic carbocycles. The van der Waals surface area contributed by atoms with Crippen LogP contribution in [0.2, 0.25) is 0 Å². The molecule has 7 aromatic rings. The van der Waals surface area contributed by atoms with Crippen molar-refractivity contribution in [2.45, 2.75) is 93.4 Å². The number of benzene rings is 4. The third-order valence-corrected chi connectivity index (χ3v) is 14.1. The summed E-state index contributed by atoms with van der Waals surface area (Å²) in [7, 11) is -4.50. The molecule has 4 amide bonds. The highest BCUT2D eigenvalue weighted by atomic mass is 32.2. The molecule has 3 aliphatic rings. The van der Waals surface area contributed by atoms with E-state index in [1.54, 1.807) is 54.6 Å². The van der Waals surface area contributed by atoms with Crippen molar-refractivity contribution < 1.29 is 88.6 Å². The van der Waals surface area contributed by atoms with E-state index in [0.717, 1.165) is 28.5 Å². The van der Waals surface area contributed by atoms with Crippen LogP contribution in [0.4, 0.5) is 5.69 Å². The van der Waals surface area contributed by atoms with Gasteiger partial charge in [0.05, 0.1) is 34.8 Å². The van der Waals surface area contributed by atoms with Crippen LogP contribution in [0.3, 0.4) is 0 Å². The summed E-state index contributed by atoms with van der Waals surface area (Å²) in [5.41, 5.74) is 3.90. The van der Waals surface area contributed by atoms with E-state index in [4.69, 9.17) is 32.9 Å². The SMILES string of the molecule is O=C(CCCCCN1/C(=C/C=C/C=C/c2oc3cc4c(cc3[n+]2CCCCCC(=O)ON2C(=O)CCC2=O)oc2ccc(S(=O)(=O)O)cc24)Oc2cc3c(cc21)oc1ccc(SOOO)cc13)ON1C(=O)CCC1=O. The fraction of sp³-hybridized carbons (Fsp3) is 0.275. The van der Waals surface area contributed by atoms with Crippen LogP contribution in [0.1, 0.15) is 82.9 Å². The molecule has 75 heavy (non-hydrogen) atoms. The molecule has 3 aromatic heterocycles. The molecule has 0 radical (unpaired) electrons. The molecule has 3 aliphatic heterocycles. The lowest BCUT2D eigenvalue weighted by Crippen LogP contribution is -2.35. The summed E-state index contributed by atoms with van der Waals surface area (Å²) in [6, 6.07) is 16.7. The number of nitrogens with zero attached hydrogens (tertiary/aromatic N) is 4. The number of hydroxylamine groups is 4. The summed E-state index contributed by atoms with van der Waals surface area (Å²) < 4.78 is 65.5. The highest BCUT2D eigenvalue weighted by Gasteiger charge is 2.34. The van der Waals surface area contributed by atoms with Gasteiger partial charge in [0, 0.05) is 84.0 Å². The number of carbonyl (C=O) groups is 6. The Bertz CT molecular complexity index is 3650. The number of aromatic nitrogens is 1. The van der Waals surface area contributed by atoms with Gasteiger partial charge in [0.25, 0.3) is 39.3 Å². The Kier molecular flexibility index (Phi) is 14.5. The van der Waals surface area contributed by atoms with Crippen molar-refractivity contribution in [3.8, 4) is 5.75 Å². The topological polar surface area (TPSA) is 276 Å². The fourth-order valence-corrected chi connectivity index (χ4v) is 9.96. The maximum Gasteiger partial charge on any atom is 0.374 e. The lowest BCUT2D eigenvalue weighted by Gasteiger charge is -2.18. The first-order valence-electron chi connectivity index (χ1n) is 23.8. The van der Waals surface area contributed by atoms with E-state index in [9.17, 15) is 41.7 Å². The normalized spacial score (nSPS) is 15.8. The van der Waals surface area contributed by atoms with E-state index in [-0.39, 0.29) is 43.4 Å². The Morgan fingerprint density at radius 3 is 1.95 bits per heavy atom. The van der Waals surface area contributed by atoms with Gasteiger partial charge in [-0.25, -0.2) is 14.8 Å². The van der Waals surface area contributed by atoms with Crippen molar-refractivity contribution in [1.29, 1.82) is 0 Å². The van der Waals surface area contributed by atoms with Crippen molar-refractivity contribution >= 4 is 124 Å². The maximum absolute atomic E-state index is 12.5. The second-order valence-electron chi connectivity index (χ2n) is 17.7. The summed E-state index contributed by atoms with van der Waals surface area (Å²) in [4.78, 5) is 84.9. The predicted octanol–water partition coefficient (Wildman–Crippen LogP) is 8.84. The van der Waals surface area contributed by atoms with Gasteiger partial charge in [-0.2, -0.15) is 13.0 Å². The van der Waals surface area contributed by atoms with Crippen LogP contribution in [0.15, 0.2) is 114 Å². The van der Waals surface area contributed by atoms with Gasteiger partial charge in [-0.05, 0) is 80.3 Å². The molecule has 0 saturated carbocycles. The average molecular weight is 1070 g/mol. The van der Waals surface area contributed by atoms with E-state index < -0.39 is 45.7 Å². The van der Waals surface area contributed by atoms with Gasteiger partial charge in [0.1, 0.15) is 22.3 Å². The summed E-state index contributed by atoms with van der Waals surface area (Å²) in [5, 5.41) is 16.1. The monoisotopic (exact) mass is 1070 g/mol. The number of oxazole rings is 1. The van der Waals surface area contributed by atoms with Gasteiger partial charge in [-0.15, -0.1) is 14.5 Å². The number of carbonyl (C=O) groups excluding carboxylic acids is 6. The van der Waals surface area contributed by atoms with Gasteiger partial charge in [-0.1, -0.05) is 29.7 Å². The van der Waals surface area contributed by atoms with E-state index in [1.807, 2.05) is 27.7 Å². The molecule has 2 fully saturated rings. The van der Waals surface area contributed by atoms with Gasteiger partial charge in [0.2, 0.25) is 11.5 Å². The second-order valence-corrected chi connectivity index (χ2v) is 19.9. The highest BCUT2D eigenvalue weighted by molar-refractivity contribution is 7.94. The first kappa shape index (κ1) is 50.7. The van der Waals surface area contributed by atoms with Gasteiger partial charge < -0.3 is 32.6 Å². The Labute approximate surface area is 428 Å². The minimum absolute atomic E-state index is 0.000652. The molecule has 10 rings (SSSR count). The Morgan fingerprint density at radius 1 is 0.667 bits per heavy atom. The van der Waals surface area contributed by atoms with Crippen LogP contribution in [-0.2, 0) is 64.5 Å². The first-order chi connectivity index (χ1) is 36.2. The number of rotatable bonds is 21. The zero-order valence-electron chi connectivity index (χ0n) is 39.6. The average Bonchev–Trinajstić information content (AvgIpc) is 4.25. The smallest absolute Gasteiger partial charge is 0.374 e. The molecule has 0 spiro atoms. The zero-order valence-corrected chi connectivity index (χ0v) is 41.2. The van der Waals surface area contributed by atoms with Crippen LogP contribution in [0, 0.1) is 0 Å². The van der Waals surface area contributed by atoms with Crippen LogP contribution < -0.4 is 14.2 Å². The fourth-order valence-electron chi connectivity index (χ4n) is 9.06. The third kappa shape index (κ3) is 10.9. The molecule has 0 unspecified atom stereocenters. The zero-order chi connectivity index (χ0) is 52.4. The summed E-state index contributed by atoms with van der Waals surface area (Å²) in [6.07, 6.45) is 12.1. The number of allylic oxidation sites excluding steroid dienone is 4. The number of amides is 4. The van der Waals surface area contributed by atoms with E-state index in [1.165, 1.54) is 18.2 Å². The van der Waals surface area contributed by atoms with E-state index >= 15 is 0 Å². The Morgan fingerprint density at radius 2 is 1.28 bits per heavy atom. The molecule has 2 saturated heterocycles. The molecule has 24 heteroatoms. The second kappa shape index (κ2) is 21.5. The lowest BCUT2D eigenvalue weighted by molar-refractivity contribution is -0.678. The minimum atomic E-state index is -4.50. The number of imide groups is 2. The molecule has 0 aliphatic carbocycles. The maximum atomic E-state index is 12.5. The number of hydrogen-bond acceptors (Lipinski definition) is 19. The van der Waals surface area contributed by atoms with Gasteiger partial charge in [0.15, 0.2) is 12.3 Å². The van der Waals surface area contributed by atoms with Crippen molar-refractivity contribution in [2.24, 2.45) is 0 Å². The first-order valence-corrected chi connectivity index (χ1v) is 26.0. The quantitative estimate of drug-likeness (QED) is 0.00993. The number of anilines is 1. The predicted molar refractivity (Wildman–Crippen MR) is 263 cm³/mol. The summed E-state index contributed by atoms with van der Waals surface area (Å²) in [5.74, 6) is -2.03. The molecule has 388 valence electrons. The lowest BCUT2D eigenvalue weighted by atomic mass is 10.1. The number of ether oxygens (including phenoxy) is 1. The van der Waals surface area contributed by atoms with Crippen LogP contribution in [-0.4, -0.2) is 70.5 Å². The molecule has 0 atom stereocenters. The van der Waals surface area contributed by atoms with Crippen molar-refractivity contribution in [3.63, 3.8) is 0 Å². The van der Waals surface area contributed by atoms with Crippen LogP contribution >= 0.6 is 12.0 Å². The van der Waals surface area contributed by atoms with Gasteiger partial charge >= 0.3 is 17.8 Å². The number of furan rings is 2. The van der Waals surface area contributed by atoms with Gasteiger partial charge in [-0.3, -0.25) is 23.7 Å². The van der Waals surface area contributed by atoms with Crippen molar-refractivity contribution in [3.05, 3.63) is 96.7 Å². The molecular formula is C51H45N4O18S2+. The summed E-state index contributed by atoms with van der Waals surface area (Å²) in [6.45, 7) is 0.902. The molecular weight excluding hydrogens is 1020 g/mol. The summed E-state index contributed by atoms with van der Waals surface area (Å²) >= 11 is 0.818. The number of fused-ring (bicyclic) bond motifs is 8. The van der Waals surface area contributed by atoms with Crippen LogP contribution in [0.5, 0.6) is 5.75 Å². The Hall–Kier alpha value is -7.87. The standard InChI is InChI=1S/C51H44N4O18S2/c56-44-18-19-45(57)54(44)70-50(60)12-6-2-8-22-52-36-28-40-34(32-24-30(74-73-72-62)14-16-38(32)66-40)26-42(36)68-48(52)10-4-1-5-11-49-53(23-9-3-7-13-51(61)71-55-46(58)20-21-47(55)59)37-29-41-35(27-43(37)69-49)33-25-31(75(63,64)65)15-17-39(33)67-41/h1,4-5,10-11,14-17,24-29H,2-3,6-9,12-13,18-23H2,(H-,62,63,64,65)/p+1. The Balaban J connectivity index is 0.882. The minimum Gasteiger partial charge on any atom is -0.456 e. The third-order valence-electron chi connectivity index (χ3n) is 12.7. The van der Waals surface area contributed by atoms with Crippen molar-refractivity contribution in [1.82, 2.24) is 10.1 Å².